The molecule has 0 bridgehead atoms. The predicted octanol–water partition coefficient (Wildman–Crippen LogP) is 3.93. The summed E-state index contributed by atoms with van der Waals surface area (Å²) in [6, 6.07) is 7.50. The van der Waals surface area contributed by atoms with Crippen LogP contribution in [0.2, 0.25) is 0 Å². The van der Waals surface area contributed by atoms with Crippen molar-refractivity contribution in [3.8, 4) is 0 Å². The third-order valence-corrected chi connectivity index (χ3v) is 4.64. The number of rotatable bonds is 1. The second-order valence-corrected chi connectivity index (χ2v) is 6.03. The van der Waals surface area contributed by atoms with Gasteiger partial charge in [-0.15, -0.1) is 0 Å². The maximum Gasteiger partial charge on any atom is 0.225 e. The van der Waals surface area contributed by atoms with Crippen LogP contribution in [-0.2, 0) is 17.6 Å². The first-order chi connectivity index (χ1) is 10.6. The number of nitrogens with one attached hydrogen (secondary N) is 1. The molecule has 1 aliphatic heterocycles. The second kappa shape index (κ2) is 4.90. The zero-order valence-corrected chi connectivity index (χ0v) is 12.0. The fourth-order valence-electron chi connectivity index (χ4n) is 3.60. The average Bonchev–Trinajstić information content (AvgIpc) is 2.94. The highest BCUT2D eigenvalue weighted by atomic mass is 19.1. The van der Waals surface area contributed by atoms with Crippen LogP contribution in [0.25, 0.3) is 0 Å². The molecular weight excluding hydrogens is 284 g/mol. The maximum atomic E-state index is 14.2. The SMILES string of the molecule is O=C1C[C@H](c2cc(F)ccc2F)c2cc3c(cc2N1)CCC3. The van der Waals surface area contributed by atoms with E-state index in [-0.39, 0.29) is 17.9 Å². The molecule has 4 heteroatoms. The number of aryl methyl sites for hydroxylation is 2. The summed E-state index contributed by atoms with van der Waals surface area (Å²) in [6.45, 7) is 0. The van der Waals surface area contributed by atoms with Gasteiger partial charge < -0.3 is 5.32 Å². The van der Waals surface area contributed by atoms with Crippen LogP contribution in [-0.4, -0.2) is 5.91 Å². The van der Waals surface area contributed by atoms with Crippen LogP contribution >= 0.6 is 0 Å². The van der Waals surface area contributed by atoms with Gasteiger partial charge in [-0.05, 0) is 65.8 Å². The molecule has 1 amide bonds. The zero-order chi connectivity index (χ0) is 15.3. The minimum atomic E-state index is -0.481. The summed E-state index contributed by atoms with van der Waals surface area (Å²) >= 11 is 0. The Kier molecular flexibility index (Phi) is 2.99. The molecule has 0 fully saturated rings. The largest absolute Gasteiger partial charge is 0.326 e. The Balaban J connectivity index is 1.88. The molecule has 0 radical (unpaired) electrons. The van der Waals surface area contributed by atoms with Gasteiger partial charge in [0.15, 0.2) is 0 Å². The van der Waals surface area contributed by atoms with Gasteiger partial charge in [0.25, 0.3) is 0 Å². The number of halogens is 2. The van der Waals surface area contributed by atoms with Crippen LogP contribution in [0.4, 0.5) is 14.5 Å². The highest BCUT2D eigenvalue weighted by Gasteiger charge is 2.30. The highest BCUT2D eigenvalue weighted by Crippen LogP contribution is 2.41. The Hall–Kier alpha value is -2.23. The number of hydrogen-bond acceptors (Lipinski definition) is 1. The zero-order valence-electron chi connectivity index (χ0n) is 12.0. The quantitative estimate of drug-likeness (QED) is 0.849. The third kappa shape index (κ3) is 2.10. The van der Waals surface area contributed by atoms with Crippen molar-refractivity contribution in [2.24, 2.45) is 0 Å². The van der Waals surface area contributed by atoms with E-state index in [9.17, 15) is 13.6 Å². The van der Waals surface area contributed by atoms with E-state index < -0.39 is 17.6 Å². The summed E-state index contributed by atoms with van der Waals surface area (Å²) in [5.74, 6) is -1.53. The second-order valence-electron chi connectivity index (χ2n) is 6.03. The van der Waals surface area contributed by atoms with Gasteiger partial charge in [0.2, 0.25) is 5.91 Å². The Morgan fingerprint density at radius 3 is 2.59 bits per heavy atom. The number of benzene rings is 2. The number of fused-ring (bicyclic) bond motifs is 2. The molecular formula is C18H15F2NO. The van der Waals surface area contributed by atoms with Gasteiger partial charge in [-0.3, -0.25) is 4.79 Å². The van der Waals surface area contributed by atoms with Crippen LogP contribution in [0.1, 0.15) is 41.0 Å². The van der Waals surface area contributed by atoms with Crippen LogP contribution in [0, 0.1) is 11.6 Å². The number of carbonyl (C=O) groups excluding carboxylic acids is 1. The molecule has 2 aliphatic rings. The Morgan fingerprint density at radius 2 is 1.77 bits per heavy atom. The summed E-state index contributed by atoms with van der Waals surface area (Å²) < 4.78 is 27.7. The minimum absolute atomic E-state index is 0.145. The van der Waals surface area contributed by atoms with E-state index in [2.05, 4.69) is 11.4 Å². The van der Waals surface area contributed by atoms with Crippen molar-refractivity contribution in [3.05, 3.63) is 64.2 Å². The summed E-state index contributed by atoms with van der Waals surface area (Å²) in [4.78, 5) is 12.0. The van der Waals surface area contributed by atoms with Crippen molar-refractivity contribution in [3.63, 3.8) is 0 Å². The lowest BCUT2D eigenvalue weighted by molar-refractivity contribution is -0.116. The van der Waals surface area contributed by atoms with Gasteiger partial charge in [-0.25, -0.2) is 8.78 Å². The Labute approximate surface area is 127 Å². The van der Waals surface area contributed by atoms with E-state index >= 15 is 0 Å². The molecule has 0 spiro atoms. The van der Waals surface area contributed by atoms with E-state index in [1.54, 1.807) is 0 Å². The molecule has 2 aromatic rings. The van der Waals surface area contributed by atoms with E-state index in [1.807, 2.05) is 6.07 Å². The molecule has 2 aromatic carbocycles. The van der Waals surface area contributed by atoms with Crippen LogP contribution < -0.4 is 5.32 Å². The normalized spacial score (nSPS) is 19.5. The van der Waals surface area contributed by atoms with Crippen molar-refractivity contribution in [1.29, 1.82) is 0 Å². The first kappa shape index (κ1) is 13.4. The fourth-order valence-corrected chi connectivity index (χ4v) is 3.60. The third-order valence-electron chi connectivity index (χ3n) is 4.64. The lowest BCUT2D eigenvalue weighted by atomic mass is 9.83. The van der Waals surface area contributed by atoms with Gasteiger partial charge in [0, 0.05) is 18.0 Å². The standard InChI is InChI=1S/C18H15F2NO/c19-12-4-5-16(20)14(8-12)13-9-18(22)21-17-7-11-3-1-2-10(11)6-15(13)17/h4-8,13H,1-3,9H2,(H,21,22)/t13-/m1/s1. The summed E-state index contributed by atoms with van der Waals surface area (Å²) in [5.41, 5.74) is 4.40. The molecule has 1 aliphatic carbocycles. The molecule has 4 rings (SSSR count). The molecule has 1 heterocycles. The molecule has 112 valence electrons. The maximum absolute atomic E-state index is 14.2. The number of carbonyl (C=O) groups is 1. The Morgan fingerprint density at radius 1 is 1.00 bits per heavy atom. The smallest absolute Gasteiger partial charge is 0.225 e. The monoisotopic (exact) mass is 299 g/mol. The van der Waals surface area contributed by atoms with Crippen LogP contribution in [0.3, 0.4) is 0 Å². The van der Waals surface area contributed by atoms with Gasteiger partial charge in [0.05, 0.1) is 0 Å². The highest BCUT2D eigenvalue weighted by molar-refractivity contribution is 5.95. The predicted molar refractivity (Wildman–Crippen MR) is 79.9 cm³/mol. The van der Waals surface area contributed by atoms with Crippen LogP contribution in [0.15, 0.2) is 30.3 Å². The van der Waals surface area contributed by atoms with Crippen molar-refractivity contribution in [2.75, 3.05) is 5.32 Å². The summed E-state index contributed by atoms with van der Waals surface area (Å²) in [5, 5.41) is 2.87. The first-order valence-corrected chi connectivity index (χ1v) is 7.52. The van der Waals surface area contributed by atoms with Gasteiger partial charge in [0.1, 0.15) is 11.6 Å². The average molecular weight is 299 g/mol. The molecule has 0 unspecified atom stereocenters. The molecule has 2 nitrogen and oxygen atoms in total. The van der Waals surface area contributed by atoms with Crippen molar-refractivity contribution < 1.29 is 13.6 Å². The van der Waals surface area contributed by atoms with Gasteiger partial charge >= 0.3 is 0 Å². The number of amides is 1. The molecule has 0 saturated carbocycles. The van der Waals surface area contributed by atoms with E-state index in [4.69, 9.17) is 0 Å². The molecule has 0 aromatic heterocycles. The van der Waals surface area contributed by atoms with Crippen LogP contribution in [0.5, 0.6) is 0 Å². The molecule has 1 N–H and O–H groups in total. The van der Waals surface area contributed by atoms with E-state index in [1.165, 1.54) is 17.2 Å². The first-order valence-electron chi connectivity index (χ1n) is 7.52. The topological polar surface area (TPSA) is 29.1 Å². The van der Waals surface area contributed by atoms with Crippen molar-refractivity contribution >= 4 is 11.6 Å². The molecule has 22 heavy (non-hydrogen) atoms. The molecule has 0 saturated heterocycles. The Bertz CT molecular complexity index is 785. The molecule has 1 atom stereocenters. The lowest BCUT2D eigenvalue weighted by Crippen LogP contribution is -2.24. The van der Waals surface area contributed by atoms with Crippen molar-refractivity contribution in [1.82, 2.24) is 0 Å². The number of anilines is 1. The minimum Gasteiger partial charge on any atom is -0.326 e. The van der Waals surface area contributed by atoms with E-state index in [0.717, 1.165) is 42.6 Å². The van der Waals surface area contributed by atoms with E-state index in [0.29, 0.717) is 0 Å². The number of hydrogen-bond donors (Lipinski definition) is 1. The summed E-state index contributed by atoms with van der Waals surface area (Å²) in [7, 11) is 0. The lowest BCUT2D eigenvalue weighted by Gasteiger charge is -2.27. The summed E-state index contributed by atoms with van der Waals surface area (Å²) in [6.07, 6.45) is 3.27. The fraction of sp³-hybridized carbons (Fsp3) is 0.278. The van der Waals surface area contributed by atoms with Gasteiger partial charge in [-0.1, -0.05) is 6.07 Å². The van der Waals surface area contributed by atoms with Crippen molar-refractivity contribution in [2.45, 2.75) is 31.6 Å². The van der Waals surface area contributed by atoms with Gasteiger partial charge in [-0.2, -0.15) is 0 Å².